The molecular formula is C18H16F3N7. The van der Waals surface area contributed by atoms with E-state index in [0.717, 1.165) is 12.1 Å². The van der Waals surface area contributed by atoms with Gasteiger partial charge in [0.15, 0.2) is 5.65 Å². The minimum absolute atomic E-state index is 0.0681. The number of hydrogen-bond acceptors (Lipinski definition) is 5. The molecule has 4 aromatic rings. The van der Waals surface area contributed by atoms with Crippen LogP contribution in [0.1, 0.15) is 15.5 Å². The van der Waals surface area contributed by atoms with E-state index in [9.17, 15) is 13.2 Å². The fraction of sp³-hybridized carbons (Fsp3) is 0.222. The normalized spacial score (nSPS) is 14.1. The summed E-state index contributed by atoms with van der Waals surface area (Å²) < 4.78 is 64.2. The highest BCUT2D eigenvalue weighted by molar-refractivity contribution is 6.01. The number of fused-ring (bicyclic) bond motifs is 1. The van der Waals surface area contributed by atoms with Gasteiger partial charge in [0.1, 0.15) is 17.3 Å². The number of halogens is 3. The van der Waals surface area contributed by atoms with Crippen molar-refractivity contribution < 1.29 is 17.3 Å². The van der Waals surface area contributed by atoms with Gasteiger partial charge >= 0.3 is 6.18 Å². The van der Waals surface area contributed by atoms with Crippen molar-refractivity contribution in [2.24, 2.45) is 14.1 Å². The highest BCUT2D eigenvalue weighted by Gasteiger charge is 2.30. The molecule has 0 saturated carbocycles. The zero-order valence-electron chi connectivity index (χ0n) is 17.8. The van der Waals surface area contributed by atoms with Gasteiger partial charge in [0.25, 0.3) is 0 Å². The predicted octanol–water partition coefficient (Wildman–Crippen LogP) is 3.34. The summed E-state index contributed by atoms with van der Waals surface area (Å²) in [5.74, 6) is -0.470. The van der Waals surface area contributed by atoms with E-state index < -0.39 is 24.4 Å². The number of alkyl halides is 3. The lowest BCUT2D eigenvalue weighted by Gasteiger charge is -2.09. The Bertz CT molecular complexity index is 1290. The van der Waals surface area contributed by atoms with Crippen molar-refractivity contribution in [3.63, 3.8) is 0 Å². The molecule has 0 aliphatic carbocycles. The Morgan fingerprint density at radius 3 is 2.43 bits per heavy atom. The fourth-order valence-electron chi connectivity index (χ4n) is 3.13. The third kappa shape index (κ3) is 2.77. The van der Waals surface area contributed by atoms with Gasteiger partial charge in [-0.15, -0.1) is 0 Å². The molecule has 0 saturated heterocycles. The minimum atomic E-state index is -4.45. The van der Waals surface area contributed by atoms with Crippen molar-refractivity contribution in [3.05, 3.63) is 41.9 Å². The van der Waals surface area contributed by atoms with Gasteiger partial charge in [0.2, 0.25) is 0 Å². The van der Waals surface area contributed by atoms with Crippen LogP contribution in [-0.4, -0.2) is 29.5 Å². The van der Waals surface area contributed by atoms with E-state index in [1.165, 1.54) is 27.7 Å². The van der Waals surface area contributed by atoms with Crippen LogP contribution in [0.5, 0.6) is 0 Å². The number of nitrogens with two attached hydrogens (primary N) is 1. The molecular weight excluding hydrogens is 371 g/mol. The number of anilines is 1. The summed E-state index contributed by atoms with van der Waals surface area (Å²) in [6.07, 6.45) is -2.94. The first-order valence-corrected chi connectivity index (χ1v) is 8.08. The Hall–Kier alpha value is -3.43. The van der Waals surface area contributed by atoms with E-state index in [4.69, 9.17) is 9.85 Å². The number of hydrogen-bond donors (Lipinski definition) is 1. The third-order valence-electron chi connectivity index (χ3n) is 4.39. The molecule has 0 unspecified atom stereocenters. The first-order valence-electron chi connectivity index (χ1n) is 9.58. The van der Waals surface area contributed by atoms with Gasteiger partial charge in [-0.1, -0.05) is 12.1 Å². The van der Waals surface area contributed by atoms with Crippen LogP contribution in [0.4, 0.5) is 19.0 Å². The highest BCUT2D eigenvalue weighted by atomic mass is 19.4. The van der Waals surface area contributed by atoms with Crippen molar-refractivity contribution in [3.8, 4) is 22.5 Å². The molecule has 3 aromatic heterocycles. The number of nitrogens with zero attached hydrogens (tertiary/aromatic N) is 6. The molecule has 7 nitrogen and oxygen atoms in total. The second-order valence-electron chi connectivity index (χ2n) is 6.21. The van der Waals surface area contributed by atoms with E-state index in [1.54, 1.807) is 14.1 Å². The standard InChI is InChI=1S/C18H16F3N7/c1-9-24-16(22)13-14(26-28(3)17(13)25-9)12-8-23-27(2)15(12)10-4-6-11(7-5-10)18(19,20)21/h4-8H,1-3H3,(H2,22,24,25)/i1D3. The molecule has 3 heterocycles. The van der Waals surface area contributed by atoms with E-state index in [0.29, 0.717) is 27.9 Å². The van der Waals surface area contributed by atoms with E-state index >= 15 is 0 Å². The molecule has 0 atom stereocenters. The summed E-state index contributed by atoms with van der Waals surface area (Å²) in [6, 6.07) is 4.67. The lowest BCUT2D eigenvalue weighted by atomic mass is 10.0. The third-order valence-corrected chi connectivity index (χ3v) is 4.39. The van der Waals surface area contributed by atoms with Crippen LogP contribution in [-0.2, 0) is 20.3 Å². The van der Waals surface area contributed by atoms with Gasteiger partial charge in [-0.2, -0.15) is 23.4 Å². The maximum atomic E-state index is 12.9. The predicted molar refractivity (Wildman–Crippen MR) is 98.1 cm³/mol. The van der Waals surface area contributed by atoms with Crippen molar-refractivity contribution >= 4 is 16.9 Å². The monoisotopic (exact) mass is 390 g/mol. The van der Waals surface area contributed by atoms with Crippen LogP contribution in [0, 0.1) is 6.85 Å². The van der Waals surface area contributed by atoms with Crippen LogP contribution >= 0.6 is 0 Å². The molecule has 1 aromatic carbocycles. The van der Waals surface area contributed by atoms with Crippen molar-refractivity contribution in [2.45, 2.75) is 13.0 Å². The summed E-state index contributed by atoms with van der Waals surface area (Å²) in [5.41, 5.74) is 7.34. The van der Waals surface area contributed by atoms with Gasteiger partial charge in [0, 0.05) is 29.3 Å². The number of rotatable bonds is 2. The van der Waals surface area contributed by atoms with Gasteiger partial charge < -0.3 is 5.73 Å². The summed E-state index contributed by atoms with van der Waals surface area (Å²) in [4.78, 5) is 8.01. The van der Waals surface area contributed by atoms with Gasteiger partial charge in [-0.25, -0.2) is 14.6 Å². The average molecular weight is 390 g/mol. The summed E-state index contributed by atoms with van der Waals surface area (Å²) in [6.45, 7) is -2.55. The smallest absolute Gasteiger partial charge is 0.383 e. The van der Waals surface area contributed by atoms with Gasteiger partial charge in [-0.05, 0) is 19.0 Å². The van der Waals surface area contributed by atoms with Crippen LogP contribution in [0.2, 0.25) is 0 Å². The van der Waals surface area contributed by atoms with Crippen LogP contribution in [0.15, 0.2) is 30.5 Å². The summed E-state index contributed by atoms with van der Waals surface area (Å²) in [7, 11) is 3.23. The highest BCUT2D eigenvalue weighted by Crippen LogP contribution is 2.37. The molecule has 0 radical (unpaired) electrons. The minimum Gasteiger partial charge on any atom is -0.383 e. The Morgan fingerprint density at radius 1 is 1.07 bits per heavy atom. The fourth-order valence-corrected chi connectivity index (χ4v) is 3.13. The Kier molecular flexibility index (Phi) is 3.15. The van der Waals surface area contributed by atoms with E-state index in [-0.39, 0.29) is 11.5 Å². The maximum absolute atomic E-state index is 12.9. The number of nitrogen functional groups attached to an aromatic ring is 1. The second kappa shape index (κ2) is 6.04. The van der Waals surface area contributed by atoms with Crippen molar-refractivity contribution in [1.29, 1.82) is 0 Å². The second-order valence-corrected chi connectivity index (χ2v) is 6.21. The molecule has 28 heavy (non-hydrogen) atoms. The molecule has 0 fully saturated rings. The topological polar surface area (TPSA) is 87.4 Å². The van der Waals surface area contributed by atoms with Crippen LogP contribution in [0.3, 0.4) is 0 Å². The first kappa shape index (κ1) is 14.6. The molecule has 144 valence electrons. The summed E-state index contributed by atoms with van der Waals surface area (Å²) >= 11 is 0. The van der Waals surface area contributed by atoms with E-state index in [1.807, 2.05) is 0 Å². The van der Waals surface area contributed by atoms with Crippen LogP contribution < -0.4 is 5.73 Å². The zero-order valence-corrected chi connectivity index (χ0v) is 14.8. The number of benzene rings is 1. The maximum Gasteiger partial charge on any atom is 0.416 e. The van der Waals surface area contributed by atoms with Gasteiger partial charge in [0.05, 0.1) is 22.8 Å². The SMILES string of the molecule is [2H]C([2H])([2H])c1nc(N)c2c(-c3cnn(C)c3-c3ccc(C(F)(F)F)cc3)nn(C)c2n1. The Morgan fingerprint density at radius 2 is 1.79 bits per heavy atom. The molecule has 0 amide bonds. The molecule has 4 rings (SSSR count). The number of aryl methyl sites for hydroxylation is 3. The Balaban J connectivity index is 1.91. The molecule has 10 heteroatoms. The lowest BCUT2D eigenvalue weighted by Crippen LogP contribution is -2.04. The molecule has 0 aliphatic rings. The molecule has 0 spiro atoms. The van der Waals surface area contributed by atoms with Crippen molar-refractivity contribution in [1.82, 2.24) is 29.5 Å². The Labute approximate surface area is 161 Å². The van der Waals surface area contributed by atoms with Gasteiger partial charge in [-0.3, -0.25) is 4.68 Å². The zero-order chi connectivity index (χ0) is 22.7. The molecule has 0 aliphatic heterocycles. The quantitative estimate of drug-likeness (QED) is 0.567. The average Bonchev–Trinajstić information content (AvgIpc) is 3.21. The lowest BCUT2D eigenvalue weighted by molar-refractivity contribution is -0.137. The first-order chi connectivity index (χ1) is 14.4. The van der Waals surface area contributed by atoms with E-state index in [2.05, 4.69) is 20.2 Å². The molecule has 2 N–H and O–H groups in total. The molecule has 0 bridgehead atoms. The van der Waals surface area contributed by atoms with Crippen molar-refractivity contribution in [2.75, 3.05) is 5.73 Å². The summed E-state index contributed by atoms with van der Waals surface area (Å²) in [5, 5.41) is 8.96. The largest absolute Gasteiger partial charge is 0.416 e. The van der Waals surface area contributed by atoms with Crippen LogP contribution in [0.25, 0.3) is 33.5 Å². The number of aromatic nitrogens is 6.